The van der Waals surface area contributed by atoms with Crippen molar-refractivity contribution in [3.63, 3.8) is 0 Å². The number of carbonyl (C=O) groups is 1. The number of tetrazole rings is 1. The van der Waals surface area contributed by atoms with Gasteiger partial charge in [-0.1, -0.05) is 36.6 Å². The Morgan fingerprint density at radius 2 is 1.79 bits per heavy atom. The van der Waals surface area contributed by atoms with E-state index in [1.54, 1.807) is 6.20 Å². The van der Waals surface area contributed by atoms with Crippen LogP contribution >= 0.6 is 0 Å². The molecule has 3 heterocycles. The molecule has 0 bridgehead atoms. The summed E-state index contributed by atoms with van der Waals surface area (Å²) in [5.74, 6) is 0.793. The highest BCUT2D eigenvalue weighted by molar-refractivity contribution is 5.94. The molecule has 11 heteroatoms. The van der Waals surface area contributed by atoms with Crippen LogP contribution in [-0.2, 0) is 19.3 Å². The van der Waals surface area contributed by atoms with E-state index in [-0.39, 0.29) is 17.4 Å². The van der Waals surface area contributed by atoms with Crippen LogP contribution in [0.5, 0.6) is 0 Å². The van der Waals surface area contributed by atoms with Crippen molar-refractivity contribution in [3.05, 3.63) is 63.3 Å². The molecule has 0 atom stereocenters. The van der Waals surface area contributed by atoms with E-state index in [9.17, 15) is 9.59 Å². The van der Waals surface area contributed by atoms with Crippen LogP contribution < -0.4 is 16.6 Å². The Hall–Kier alpha value is -4.02. The number of nitrogens with two attached hydrogens (primary N) is 1. The number of H-pyrrole nitrogens is 3. The molecule has 11 nitrogen and oxygen atoms in total. The lowest BCUT2D eigenvalue weighted by atomic mass is 10.0. The second-order valence-corrected chi connectivity index (χ2v) is 8.29. The Kier molecular flexibility index (Phi) is 7.63. The zero-order valence-corrected chi connectivity index (χ0v) is 18.9. The molecule has 0 radical (unpaired) electrons. The van der Waals surface area contributed by atoms with Crippen LogP contribution in [0.25, 0.3) is 11.0 Å². The van der Waals surface area contributed by atoms with Crippen molar-refractivity contribution >= 4 is 22.9 Å². The number of unbranched alkanes of at least 4 members (excludes halogenated alkanes) is 4. The van der Waals surface area contributed by atoms with E-state index < -0.39 is 0 Å². The van der Waals surface area contributed by atoms with Crippen LogP contribution in [0.15, 0.2) is 35.3 Å². The number of nitrogens with zero attached hydrogens (tertiary/aromatic N) is 4. The number of anilines is 1. The lowest BCUT2D eigenvalue weighted by Crippen LogP contribution is -2.24. The van der Waals surface area contributed by atoms with E-state index in [0.717, 1.165) is 61.9 Å². The van der Waals surface area contributed by atoms with E-state index in [4.69, 9.17) is 5.73 Å². The summed E-state index contributed by atoms with van der Waals surface area (Å²) < 4.78 is 0. The number of aryl methyl sites for hydroxylation is 3. The van der Waals surface area contributed by atoms with Gasteiger partial charge in [0.1, 0.15) is 5.65 Å². The molecule has 0 aliphatic carbocycles. The number of amides is 1. The summed E-state index contributed by atoms with van der Waals surface area (Å²) in [6.07, 6.45) is 9.36. The first kappa shape index (κ1) is 23.1. The lowest BCUT2D eigenvalue weighted by molar-refractivity contribution is 0.0953. The molecular weight excluding hydrogens is 434 g/mol. The third-order valence-corrected chi connectivity index (χ3v) is 5.79. The van der Waals surface area contributed by atoms with Crippen molar-refractivity contribution < 1.29 is 4.79 Å². The number of hydrogen-bond donors (Lipinski definition) is 5. The molecule has 3 aromatic heterocycles. The molecule has 0 saturated heterocycles. The van der Waals surface area contributed by atoms with Gasteiger partial charge in [-0.25, -0.2) is 0 Å². The number of nitrogens with one attached hydrogen (secondary N) is 4. The number of aromatic nitrogens is 7. The molecule has 0 aliphatic rings. The van der Waals surface area contributed by atoms with Crippen molar-refractivity contribution in [2.24, 2.45) is 0 Å². The summed E-state index contributed by atoms with van der Waals surface area (Å²) in [7, 11) is 0. The quantitative estimate of drug-likeness (QED) is 0.200. The van der Waals surface area contributed by atoms with Crippen molar-refractivity contribution in [1.29, 1.82) is 0 Å². The average Bonchev–Trinajstić information content (AvgIpc) is 3.49. The maximum absolute atomic E-state index is 12.4. The molecule has 178 valence electrons. The van der Waals surface area contributed by atoms with E-state index in [1.807, 2.05) is 24.3 Å². The van der Waals surface area contributed by atoms with Gasteiger partial charge in [-0.3, -0.25) is 14.6 Å². The Morgan fingerprint density at radius 1 is 1.00 bits per heavy atom. The van der Waals surface area contributed by atoms with Gasteiger partial charge in [0.15, 0.2) is 5.82 Å². The van der Waals surface area contributed by atoms with E-state index in [0.29, 0.717) is 29.6 Å². The van der Waals surface area contributed by atoms with Crippen LogP contribution in [-0.4, -0.2) is 48.0 Å². The second kappa shape index (κ2) is 11.2. The van der Waals surface area contributed by atoms with E-state index >= 15 is 0 Å². The molecule has 0 spiro atoms. The summed E-state index contributed by atoms with van der Waals surface area (Å²) in [4.78, 5) is 34.2. The summed E-state index contributed by atoms with van der Waals surface area (Å²) >= 11 is 0. The fourth-order valence-electron chi connectivity index (χ4n) is 3.95. The van der Waals surface area contributed by atoms with E-state index in [2.05, 4.69) is 40.9 Å². The summed E-state index contributed by atoms with van der Waals surface area (Å²) in [5.41, 5.74) is 8.47. The average molecular weight is 464 g/mol. The van der Waals surface area contributed by atoms with E-state index in [1.165, 1.54) is 0 Å². The molecule has 0 fully saturated rings. The topological polar surface area (TPSA) is 171 Å². The first-order valence-electron chi connectivity index (χ1n) is 11.6. The van der Waals surface area contributed by atoms with Gasteiger partial charge < -0.3 is 16.0 Å². The minimum atomic E-state index is -0.241. The van der Waals surface area contributed by atoms with Gasteiger partial charge in [-0.15, -0.1) is 10.2 Å². The normalized spacial score (nSPS) is 11.2. The maximum atomic E-state index is 12.4. The molecule has 4 aromatic rings. The standard InChI is InChI=1S/C23H29N9O2/c24-23-27-20-19(22(34)28-23)17(14-26-20)12-9-15-7-10-16(11-8-15)21(33)25-13-5-3-1-2-4-6-18-29-31-32-30-18/h7-8,10-11,14H,1-6,9,12-13H2,(H,25,33)(H,29,30,31,32)(H4,24,26,27,28,34). The fraction of sp³-hybridized carbons (Fsp3) is 0.391. The third-order valence-electron chi connectivity index (χ3n) is 5.79. The predicted octanol–water partition coefficient (Wildman–Crippen LogP) is 2.05. The summed E-state index contributed by atoms with van der Waals surface area (Å²) in [6, 6.07) is 7.59. The van der Waals surface area contributed by atoms with Gasteiger partial charge in [0.2, 0.25) is 5.95 Å². The number of fused-ring (bicyclic) bond motifs is 1. The van der Waals surface area contributed by atoms with Gasteiger partial charge in [-0.2, -0.15) is 10.2 Å². The molecule has 0 aliphatic heterocycles. The van der Waals surface area contributed by atoms with Crippen LogP contribution in [0.1, 0.15) is 59.4 Å². The molecular formula is C23H29N9O2. The third kappa shape index (κ3) is 6.06. The van der Waals surface area contributed by atoms with Crippen molar-refractivity contribution in [3.8, 4) is 0 Å². The molecule has 4 rings (SSSR count). The number of rotatable bonds is 12. The van der Waals surface area contributed by atoms with Crippen molar-refractivity contribution in [1.82, 2.24) is 40.9 Å². The highest BCUT2D eigenvalue weighted by atomic mass is 16.1. The zero-order valence-electron chi connectivity index (χ0n) is 18.9. The lowest BCUT2D eigenvalue weighted by Gasteiger charge is -2.07. The SMILES string of the molecule is Nc1nc2[nH]cc(CCc3ccc(C(=O)NCCCCCCCc4nn[nH]n4)cc3)c2c(=O)[nH]1. The largest absolute Gasteiger partial charge is 0.369 e. The molecule has 0 unspecified atom stereocenters. The molecule has 6 N–H and O–H groups in total. The number of carbonyl (C=O) groups excluding carboxylic acids is 1. The maximum Gasteiger partial charge on any atom is 0.262 e. The number of nitrogen functional groups attached to an aromatic ring is 1. The van der Waals surface area contributed by atoms with Crippen LogP contribution in [0.3, 0.4) is 0 Å². The zero-order chi connectivity index (χ0) is 23.8. The highest BCUT2D eigenvalue weighted by Gasteiger charge is 2.11. The monoisotopic (exact) mass is 463 g/mol. The Morgan fingerprint density at radius 3 is 2.59 bits per heavy atom. The Labute approximate surface area is 196 Å². The highest BCUT2D eigenvalue weighted by Crippen LogP contribution is 2.16. The van der Waals surface area contributed by atoms with Gasteiger partial charge >= 0.3 is 0 Å². The van der Waals surface area contributed by atoms with Crippen LogP contribution in [0.4, 0.5) is 5.95 Å². The Balaban J connectivity index is 1.15. The molecule has 1 aromatic carbocycles. The van der Waals surface area contributed by atoms with Crippen molar-refractivity contribution in [2.75, 3.05) is 12.3 Å². The minimum absolute atomic E-state index is 0.0597. The first-order chi connectivity index (χ1) is 16.6. The summed E-state index contributed by atoms with van der Waals surface area (Å²) in [5, 5.41) is 17.4. The van der Waals surface area contributed by atoms with Gasteiger partial charge in [-0.05, 0) is 48.9 Å². The van der Waals surface area contributed by atoms with Gasteiger partial charge in [0.25, 0.3) is 11.5 Å². The van der Waals surface area contributed by atoms with Gasteiger partial charge in [0, 0.05) is 24.7 Å². The van der Waals surface area contributed by atoms with Crippen LogP contribution in [0.2, 0.25) is 0 Å². The number of aromatic amines is 3. The predicted molar refractivity (Wildman–Crippen MR) is 128 cm³/mol. The second-order valence-electron chi connectivity index (χ2n) is 8.29. The smallest absolute Gasteiger partial charge is 0.262 e. The number of benzene rings is 1. The van der Waals surface area contributed by atoms with Gasteiger partial charge in [0.05, 0.1) is 5.39 Å². The number of hydrogen-bond acceptors (Lipinski definition) is 7. The summed E-state index contributed by atoms with van der Waals surface area (Å²) in [6.45, 7) is 0.666. The van der Waals surface area contributed by atoms with Crippen LogP contribution in [0, 0.1) is 0 Å². The fourth-order valence-corrected chi connectivity index (χ4v) is 3.95. The Bertz CT molecular complexity index is 1260. The molecule has 0 saturated carbocycles. The minimum Gasteiger partial charge on any atom is -0.369 e. The molecule has 1 amide bonds. The first-order valence-corrected chi connectivity index (χ1v) is 11.6. The molecule has 34 heavy (non-hydrogen) atoms. The van der Waals surface area contributed by atoms with Crippen molar-refractivity contribution in [2.45, 2.75) is 51.4 Å².